The zero-order valence-corrected chi connectivity index (χ0v) is 7.92. The summed E-state index contributed by atoms with van der Waals surface area (Å²) in [6, 6.07) is 0.961. The van der Waals surface area contributed by atoms with Crippen LogP contribution in [-0.4, -0.2) is 44.3 Å². The van der Waals surface area contributed by atoms with E-state index in [2.05, 4.69) is 23.8 Å². The standard InChI is InChI=1S/C9H18N2O/c1-4-11(3)9-5-6-12-7-8(9)10-2/h4,8-10H,1,5-7H2,2-3H3/t8-,9+/m1/s1. The molecule has 0 amide bonds. The van der Waals surface area contributed by atoms with Crippen molar-refractivity contribution >= 4 is 0 Å². The summed E-state index contributed by atoms with van der Waals surface area (Å²) in [5.41, 5.74) is 0. The summed E-state index contributed by atoms with van der Waals surface area (Å²) >= 11 is 0. The van der Waals surface area contributed by atoms with E-state index in [1.807, 2.05) is 13.2 Å². The second kappa shape index (κ2) is 4.48. The maximum Gasteiger partial charge on any atom is 0.0639 e. The van der Waals surface area contributed by atoms with Gasteiger partial charge in [-0.2, -0.15) is 0 Å². The van der Waals surface area contributed by atoms with Gasteiger partial charge in [0.1, 0.15) is 0 Å². The third-order valence-corrected chi connectivity index (χ3v) is 2.50. The van der Waals surface area contributed by atoms with Crippen molar-refractivity contribution in [3.8, 4) is 0 Å². The molecule has 1 rings (SSSR count). The third kappa shape index (κ3) is 1.99. The minimum Gasteiger partial charge on any atom is -0.380 e. The zero-order chi connectivity index (χ0) is 8.97. The van der Waals surface area contributed by atoms with Gasteiger partial charge < -0.3 is 15.0 Å². The Morgan fingerprint density at radius 3 is 3.00 bits per heavy atom. The molecule has 0 saturated carbocycles. The monoisotopic (exact) mass is 170 g/mol. The number of likely N-dealkylation sites (N-methyl/N-ethyl adjacent to an activating group) is 2. The van der Waals surface area contributed by atoms with E-state index in [1.165, 1.54) is 0 Å². The van der Waals surface area contributed by atoms with Crippen molar-refractivity contribution in [2.75, 3.05) is 27.3 Å². The molecule has 12 heavy (non-hydrogen) atoms. The number of ether oxygens (including phenoxy) is 1. The molecule has 0 unspecified atom stereocenters. The predicted octanol–water partition coefficient (Wildman–Crippen LogP) is 0.439. The van der Waals surface area contributed by atoms with Gasteiger partial charge in [-0.1, -0.05) is 6.58 Å². The highest BCUT2D eigenvalue weighted by Gasteiger charge is 2.25. The SMILES string of the molecule is C=CN(C)[C@H]1CCOC[C@H]1NC. The van der Waals surface area contributed by atoms with Crippen molar-refractivity contribution in [3.63, 3.8) is 0 Å². The summed E-state index contributed by atoms with van der Waals surface area (Å²) in [7, 11) is 4.04. The lowest BCUT2D eigenvalue weighted by atomic mass is 10.0. The molecule has 3 nitrogen and oxygen atoms in total. The van der Waals surface area contributed by atoms with Crippen LogP contribution in [0, 0.1) is 0 Å². The first-order valence-electron chi connectivity index (χ1n) is 4.39. The van der Waals surface area contributed by atoms with Gasteiger partial charge >= 0.3 is 0 Å². The zero-order valence-electron chi connectivity index (χ0n) is 7.92. The number of hydrogen-bond acceptors (Lipinski definition) is 3. The smallest absolute Gasteiger partial charge is 0.0639 e. The summed E-state index contributed by atoms with van der Waals surface area (Å²) in [6.07, 6.45) is 2.95. The highest BCUT2D eigenvalue weighted by Crippen LogP contribution is 2.13. The van der Waals surface area contributed by atoms with E-state index in [0.29, 0.717) is 12.1 Å². The van der Waals surface area contributed by atoms with E-state index in [4.69, 9.17) is 4.74 Å². The Morgan fingerprint density at radius 1 is 1.67 bits per heavy atom. The fourth-order valence-electron chi connectivity index (χ4n) is 1.63. The Kier molecular flexibility index (Phi) is 3.56. The average molecular weight is 170 g/mol. The molecule has 1 N–H and O–H groups in total. The summed E-state index contributed by atoms with van der Waals surface area (Å²) in [5.74, 6) is 0. The van der Waals surface area contributed by atoms with Crippen molar-refractivity contribution in [2.24, 2.45) is 0 Å². The van der Waals surface area contributed by atoms with E-state index < -0.39 is 0 Å². The molecule has 1 aliphatic heterocycles. The lowest BCUT2D eigenvalue weighted by molar-refractivity contribution is 0.0289. The topological polar surface area (TPSA) is 24.5 Å². The minimum atomic E-state index is 0.432. The molecule has 3 heteroatoms. The Bertz CT molecular complexity index is 149. The Morgan fingerprint density at radius 2 is 2.42 bits per heavy atom. The second-order valence-corrected chi connectivity index (χ2v) is 3.17. The number of nitrogens with one attached hydrogen (secondary N) is 1. The molecule has 0 aromatic heterocycles. The van der Waals surface area contributed by atoms with Gasteiger partial charge in [-0.05, 0) is 19.7 Å². The van der Waals surface area contributed by atoms with Gasteiger partial charge in [-0.3, -0.25) is 0 Å². The fraction of sp³-hybridized carbons (Fsp3) is 0.778. The van der Waals surface area contributed by atoms with Crippen molar-refractivity contribution in [1.82, 2.24) is 10.2 Å². The van der Waals surface area contributed by atoms with Gasteiger partial charge in [-0.15, -0.1) is 0 Å². The summed E-state index contributed by atoms with van der Waals surface area (Å²) in [5, 5.41) is 3.25. The van der Waals surface area contributed by atoms with E-state index in [9.17, 15) is 0 Å². The molecule has 0 radical (unpaired) electrons. The lowest BCUT2D eigenvalue weighted by Crippen LogP contribution is -2.51. The van der Waals surface area contributed by atoms with E-state index in [-0.39, 0.29) is 0 Å². The van der Waals surface area contributed by atoms with Gasteiger partial charge in [0.25, 0.3) is 0 Å². The highest BCUT2D eigenvalue weighted by atomic mass is 16.5. The molecular formula is C9H18N2O. The lowest BCUT2D eigenvalue weighted by Gasteiger charge is -2.36. The van der Waals surface area contributed by atoms with E-state index >= 15 is 0 Å². The Labute approximate surface area is 74.4 Å². The highest BCUT2D eigenvalue weighted by molar-refractivity contribution is 4.88. The Hall–Kier alpha value is -0.540. The van der Waals surface area contributed by atoms with Gasteiger partial charge in [0.15, 0.2) is 0 Å². The van der Waals surface area contributed by atoms with Crippen LogP contribution in [0.25, 0.3) is 0 Å². The van der Waals surface area contributed by atoms with Crippen LogP contribution in [0.1, 0.15) is 6.42 Å². The molecule has 70 valence electrons. The molecule has 0 bridgehead atoms. The third-order valence-electron chi connectivity index (χ3n) is 2.50. The van der Waals surface area contributed by atoms with E-state index in [0.717, 1.165) is 19.6 Å². The minimum absolute atomic E-state index is 0.432. The van der Waals surface area contributed by atoms with Crippen LogP contribution in [-0.2, 0) is 4.74 Å². The molecule has 0 aliphatic carbocycles. The van der Waals surface area contributed by atoms with Crippen LogP contribution >= 0.6 is 0 Å². The van der Waals surface area contributed by atoms with Gasteiger partial charge in [0.05, 0.1) is 12.6 Å². The number of rotatable bonds is 3. The summed E-state index contributed by atoms with van der Waals surface area (Å²) in [6.45, 7) is 5.43. The van der Waals surface area contributed by atoms with Crippen molar-refractivity contribution in [3.05, 3.63) is 12.8 Å². The number of hydrogen-bond donors (Lipinski definition) is 1. The maximum absolute atomic E-state index is 5.37. The molecule has 1 aliphatic rings. The van der Waals surface area contributed by atoms with Crippen molar-refractivity contribution in [1.29, 1.82) is 0 Å². The average Bonchev–Trinajstić information content (AvgIpc) is 2.16. The summed E-state index contributed by atoms with van der Waals surface area (Å²) < 4.78 is 5.37. The van der Waals surface area contributed by atoms with Gasteiger partial charge in [0.2, 0.25) is 0 Å². The molecular weight excluding hydrogens is 152 g/mol. The predicted molar refractivity (Wildman–Crippen MR) is 50.0 cm³/mol. The Balaban J connectivity index is 2.51. The first-order chi connectivity index (χ1) is 5.79. The van der Waals surface area contributed by atoms with Crippen LogP contribution in [0.3, 0.4) is 0 Å². The number of nitrogens with zero attached hydrogens (tertiary/aromatic N) is 1. The molecule has 1 heterocycles. The molecule has 2 atom stereocenters. The molecule has 0 aromatic carbocycles. The van der Waals surface area contributed by atoms with Gasteiger partial charge in [-0.25, -0.2) is 0 Å². The first kappa shape index (κ1) is 9.55. The van der Waals surface area contributed by atoms with Crippen LogP contribution in [0.15, 0.2) is 12.8 Å². The van der Waals surface area contributed by atoms with E-state index in [1.54, 1.807) is 0 Å². The van der Waals surface area contributed by atoms with Gasteiger partial charge in [0, 0.05) is 19.7 Å². The van der Waals surface area contributed by atoms with Crippen LogP contribution in [0.4, 0.5) is 0 Å². The normalized spacial score (nSPS) is 29.8. The maximum atomic E-state index is 5.37. The molecule has 0 spiro atoms. The molecule has 1 saturated heterocycles. The molecule has 0 aromatic rings. The van der Waals surface area contributed by atoms with Crippen LogP contribution in [0.5, 0.6) is 0 Å². The van der Waals surface area contributed by atoms with Crippen molar-refractivity contribution < 1.29 is 4.74 Å². The molecule has 1 fully saturated rings. The quantitative estimate of drug-likeness (QED) is 0.665. The first-order valence-corrected chi connectivity index (χ1v) is 4.39. The fourth-order valence-corrected chi connectivity index (χ4v) is 1.63. The van der Waals surface area contributed by atoms with Crippen molar-refractivity contribution in [2.45, 2.75) is 18.5 Å². The largest absolute Gasteiger partial charge is 0.380 e. The summed E-state index contributed by atoms with van der Waals surface area (Å²) in [4.78, 5) is 2.16. The second-order valence-electron chi connectivity index (χ2n) is 3.17. The van der Waals surface area contributed by atoms with Crippen LogP contribution in [0.2, 0.25) is 0 Å². The van der Waals surface area contributed by atoms with Crippen LogP contribution < -0.4 is 5.32 Å².